The molecule has 2 fully saturated rings. The lowest BCUT2D eigenvalue weighted by molar-refractivity contribution is -0.137. The standard InChI is InChI=1S/C18H21F3N6O/c19-18(20,21)14-1-2-15(22-12-14)25-3-5-26(6-4-25)16-11-17(24-13-23-16)27-7-9-28-10-8-27/h1-2,11-13H,3-10H2. The summed E-state index contributed by atoms with van der Waals surface area (Å²) in [7, 11) is 0. The molecule has 0 atom stereocenters. The van der Waals surface area contributed by atoms with E-state index in [4.69, 9.17) is 4.74 Å². The molecule has 150 valence electrons. The zero-order valence-electron chi connectivity index (χ0n) is 15.3. The first-order valence-corrected chi connectivity index (χ1v) is 9.18. The van der Waals surface area contributed by atoms with E-state index in [-0.39, 0.29) is 0 Å². The zero-order valence-corrected chi connectivity index (χ0v) is 15.3. The number of hydrogen-bond acceptors (Lipinski definition) is 7. The number of anilines is 3. The van der Waals surface area contributed by atoms with Gasteiger partial charge in [-0.2, -0.15) is 13.2 Å². The molecule has 2 aromatic heterocycles. The molecule has 4 heterocycles. The maximum absolute atomic E-state index is 12.7. The molecule has 2 aliphatic heterocycles. The summed E-state index contributed by atoms with van der Waals surface area (Å²) in [6.45, 7) is 5.75. The van der Waals surface area contributed by atoms with Gasteiger partial charge in [0.15, 0.2) is 0 Å². The van der Waals surface area contributed by atoms with Crippen molar-refractivity contribution in [1.29, 1.82) is 0 Å². The minimum Gasteiger partial charge on any atom is -0.378 e. The number of alkyl halides is 3. The summed E-state index contributed by atoms with van der Waals surface area (Å²) in [5, 5.41) is 0. The van der Waals surface area contributed by atoms with Crippen molar-refractivity contribution < 1.29 is 17.9 Å². The maximum atomic E-state index is 12.7. The largest absolute Gasteiger partial charge is 0.417 e. The fourth-order valence-corrected chi connectivity index (χ4v) is 3.38. The first-order chi connectivity index (χ1) is 13.5. The van der Waals surface area contributed by atoms with Crippen LogP contribution in [0.4, 0.5) is 30.6 Å². The third-order valence-corrected chi connectivity index (χ3v) is 4.98. The van der Waals surface area contributed by atoms with Gasteiger partial charge in [-0.3, -0.25) is 0 Å². The average Bonchev–Trinajstić information content (AvgIpc) is 2.74. The van der Waals surface area contributed by atoms with Crippen molar-refractivity contribution >= 4 is 17.5 Å². The van der Waals surface area contributed by atoms with Crippen LogP contribution in [0.2, 0.25) is 0 Å². The molecule has 0 bridgehead atoms. The van der Waals surface area contributed by atoms with Gasteiger partial charge in [0.1, 0.15) is 23.8 Å². The van der Waals surface area contributed by atoms with E-state index in [2.05, 4.69) is 24.8 Å². The van der Waals surface area contributed by atoms with Crippen LogP contribution < -0.4 is 14.7 Å². The van der Waals surface area contributed by atoms with E-state index in [0.29, 0.717) is 45.2 Å². The van der Waals surface area contributed by atoms with Gasteiger partial charge in [0.05, 0.1) is 18.8 Å². The predicted octanol–water partition coefficient (Wildman–Crippen LogP) is 2.05. The van der Waals surface area contributed by atoms with Crippen molar-refractivity contribution in [2.45, 2.75) is 6.18 Å². The Hall–Kier alpha value is -2.62. The summed E-state index contributed by atoms with van der Waals surface area (Å²) in [6.07, 6.45) is -1.90. The van der Waals surface area contributed by atoms with Gasteiger partial charge in [-0.1, -0.05) is 0 Å². The SMILES string of the molecule is FC(F)(F)c1ccc(N2CCN(c3cc(N4CCOCC4)ncn3)CC2)nc1. The Morgan fingerprint density at radius 2 is 1.32 bits per heavy atom. The Bertz CT molecular complexity index is 787. The summed E-state index contributed by atoms with van der Waals surface area (Å²) in [4.78, 5) is 19.1. The summed E-state index contributed by atoms with van der Waals surface area (Å²) >= 11 is 0. The monoisotopic (exact) mass is 394 g/mol. The van der Waals surface area contributed by atoms with Crippen molar-refractivity contribution in [3.05, 3.63) is 36.3 Å². The third-order valence-electron chi connectivity index (χ3n) is 4.98. The molecule has 0 aromatic carbocycles. The second-order valence-corrected chi connectivity index (χ2v) is 6.71. The fraction of sp³-hybridized carbons (Fsp3) is 0.500. The number of piperazine rings is 1. The zero-order chi connectivity index (χ0) is 19.6. The number of rotatable bonds is 3. The van der Waals surface area contributed by atoms with Crippen molar-refractivity contribution in [2.75, 3.05) is 67.2 Å². The Kier molecular flexibility index (Phi) is 5.21. The topological polar surface area (TPSA) is 57.6 Å². The number of morpholine rings is 1. The van der Waals surface area contributed by atoms with Gasteiger partial charge in [-0.25, -0.2) is 15.0 Å². The molecule has 28 heavy (non-hydrogen) atoms. The predicted molar refractivity (Wildman–Crippen MR) is 98.7 cm³/mol. The fourth-order valence-electron chi connectivity index (χ4n) is 3.38. The summed E-state index contributed by atoms with van der Waals surface area (Å²) in [6, 6.07) is 4.49. The average molecular weight is 394 g/mol. The van der Waals surface area contributed by atoms with Crippen LogP contribution >= 0.6 is 0 Å². The molecule has 0 amide bonds. The number of ether oxygens (including phenoxy) is 1. The van der Waals surface area contributed by atoms with Crippen molar-refractivity contribution in [3.63, 3.8) is 0 Å². The Labute approximate surface area is 160 Å². The van der Waals surface area contributed by atoms with Crippen LogP contribution in [0.1, 0.15) is 5.56 Å². The highest BCUT2D eigenvalue weighted by Crippen LogP contribution is 2.29. The molecule has 0 saturated carbocycles. The van der Waals surface area contributed by atoms with Crippen LogP contribution in [0.15, 0.2) is 30.7 Å². The molecule has 0 N–H and O–H groups in total. The van der Waals surface area contributed by atoms with Crippen LogP contribution in [0.3, 0.4) is 0 Å². The molecule has 0 radical (unpaired) electrons. The van der Waals surface area contributed by atoms with E-state index in [0.717, 1.165) is 37.0 Å². The van der Waals surface area contributed by atoms with Gasteiger partial charge in [0.2, 0.25) is 0 Å². The van der Waals surface area contributed by atoms with E-state index >= 15 is 0 Å². The highest BCUT2D eigenvalue weighted by Gasteiger charge is 2.31. The molecule has 0 spiro atoms. The summed E-state index contributed by atoms with van der Waals surface area (Å²) < 4.78 is 43.4. The number of nitrogens with zero attached hydrogens (tertiary/aromatic N) is 6. The number of hydrogen-bond donors (Lipinski definition) is 0. The lowest BCUT2D eigenvalue weighted by atomic mass is 10.2. The number of halogens is 3. The second kappa shape index (κ2) is 7.78. The molecular weight excluding hydrogens is 373 g/mol. The first-order valence-electron chi connectivity index (χ1n) is 9.18. The first kappa shape index (κ1) is 18.7. The van der Waals surface area contributed by atoms with Crippen LogP contribution in [-0.2, 0) is 10.9 Å². The molecule has 10 heteroatoms. The van der Waals surface area contributed by atoms with Crippen LogP contribution in [0, 0.1) is 0 Å². The van der Waals surface area contributed by atoms with Crippen LogP contribution in [-0.4, -0.2) is 67.4 Å². The van der Waals surface area contributed by atoms with Gasteiger partial charge in [-0.15, -0.1) is 0 Å². The van der Waals surface area contributed by atoms with Crippen LogP contribution in [0.25, 0.3) is 0 Å². The normalized spacial score (nSPS) is 18.5. The van der Waals surface area contributed by atoms with E-state index in [9.17, 15) is 13.2 Å². The molecule has 0 aliphatic carbocycles. The van der Waals surface area contributed by atoms with Crippen molar-refractivity contribution in [3.8, 4) is 0 Å². The minimum absolute atomic E-state index is 0.560. The Morgan fingerprint density at radius 1 is 0.750 bits per heavy atom. The second-order valence-electron chi connectivity index (χ2n) is 6.71. The van der Waals surface area contributed by atoms with Crippen molar-refractivity contribution in [1.82, 2.24) is 15.0 Å². The highest BCUT2D eigenvalue weighted by atomic mass is 19.4. The van der Waals surface area contributed by atoms with E-state index in [1.807, 2.05) is 11.0 Å². The van der Waals surface area contributed by atoms with E-state index in [1.54, 1.807) is 6.33 Å². The highest BCUT2D eigenvalue weighted by molar-refractivity contribution is 5.52. The van der Waals surface area contributed by atoms with Gasteiger partial charge in [-0.05, 0) is 12.1 Å². The summed E-state index contributed by atoms with van der Waals surface area (Å²) in [5.74, 6) is 2.31. The molecule has 7 nitrogen and oxygen atoms in total. The minimum atomic E-state index is -4.37. The molecule has 4 rings (SSSR count). The van der Waals surface area contributed by atoms with E-state index in [1.165, 1.54) is 6.07 Å². The van der Waals surface area contributed by atoms with Gasteiger partial charge >= 0.3 is 6.18 Å². The number of pyridine rings is 1. The van der Waals surface area contributed by atoms with Crippen LogP contribution in [0.5, 0.6) is 0 Å². The molecule has 2 aromatic rings. The van der Waals surface area contributed by atoms with Crippen molar-refractivity contribution in [2.24, 2.45) is 0 Å². The lowest BCUT2D eigenvalue weighted by Gasteiger charge is -2.36. The Balaban J connectivity index is 1.39. The van der Waals surface area contributed by atoms with E-state index < -0.39 is 11.7 Å². The lowest BCUT2D eigenvalue weighted by Crippen LogP contribution is -2.47. The van der Waals surface area contributed by atoms with Gasteiger partial charge in [0.25, 0.3) is 0 Å². The molecule has 2 saturated heterocycles. The molecule has 2 aliphatic rings. The molecular formula is C18H21F3N6O. The molecule has 0 unspecified atom stereocenters. The Morgan fingerprint density at radius 3 is 1.86 bits per heavy atom. The smallest absolute Gasteiger partial charge is 0.378 e. The van der Waals surface area contributed by atoms with Gasteiger partial charge in [0, 0.05) is 51.5 Å². The van der Waals surface area contributed by atoms with Gasteiger partial charge < -0.3 is 19.4 Å². The third kappa shape index (κ3) is 4.11. The summed E-state index contributed by atoms with van der Waals surface area (Å²) in [5.41, 5.74) is -0.730. The number of aromatic nitrogens is 3. The quantitative estimate of drug-likeness (QED) is 0.790. The maximum Gasteiger partial charge on any atom is 0.417 e.